The Morgan fingerprint density at radius 3 is 2.72 bits per heavy atom. The lowest BCUT2D eigenvalue weighted by Gasteiger charge is -2.10. The van der Waals surface area contributed by atoms with Crippen LogP contribution in [0.2, 0.25) is 5.28 Å². The topological polar surface area (TPSA) is 47.0 Å². The molecule has 1 aromatic carbocycles. The summed E-state index contributed by atoms with van der Waals surface area (Å²) in [7, 11) is 1.62. The highest BCUT2D eigenvalue weighted by Crippen LogP contribution is 2.29. The van der Waals surface area contributed by atoms with Crippen LogP contribution in [-0.2, 0) is 0 Å². The van der Waals surface area contributed by atoms with E-state index in [0.717, 1.165) is 21.6 Å². The fraction of sp³-hybridized carbons (Fsp3) is 0.167. The Hall–Kier alpha value is -1.33. The third-order valence-electron chi connectivity index (χ3n) is 2.26. The summed E-state index contributed by atoms with van der Waals surface area (Å²) < 4.78 is 6.09. The molecule has 0 saturated heterocycles. The minimum absolute atomic E-state index is 0.219. The van der Waals surface area contributed by atoms with Crippen molar-refractivity contribution >= 4 is 39.0 Å². The van der Waals surface area contributed by atoms with Crippen LogP contribution < -0.4 is 10.1 Å². The minimum atomic E-state index is 0.219. The van der Waals surface area contributed by atoms with E-state index in [9.17, 15) is 0 Å². The van der Waals surface area contributed by atoms with Crippen molar-refractivity contribution in [2.45, 2.75) is 6.92 Å². The number of hydrogen-bond acceptors (Lipinski definition) is 4. The summed E-state index contributed by atoms with van der Waals surface area (Å²) in [6.45, 7) is 1.86. The standard InChI is InChI=1S/C12H11BrClN3O/c1-7-5-11(17-12(14)15-7)16-10-6-8(18-2)3-4-9(10)13/h3-6H,1-2H3,(H,15,16,17). The molecule has 0 radical (unpaired) electrons. The van der Waals surface area contributed by atoms with Crippen LogP contribution >= 0.6 is 27.5 Å². The molecule has 18 heavy (non-hydrogen) atoms. The molecule has 1 N–H and O–H groups in total. The molecule has 2 aromatic rings. The first-order chi connectivity index (χ1) is 8.58. The van der Waals surface area contributed by atoms with E-state index in [1.807, 2.05) is 31.2 Å². The first kappa shape index (κ1) is 13.1. The Balaban J connectivity index is 2.33. The number of nitrogens with one attached hydrogen (secondary N) is 1. The summed E-state index contributed by atoms with van der Waals surface area (Å²) in [6.07, 6.45) is 0. The summed E-state index contributed by atoms with van der Waals surface area (Å²) in [5, 5.41) is 3.39. The summed E-state index contributed by atoms with van der Waals surface area (Å²) in [6, 6.07) is 7.46. The van der Waals surface area contributed by atoms with Gasteiger partial charge >= 0.3 is 0 Å². The van der Waals surface area contributed by atoms with Crippen LogP contribution in [0.5, 0.6) is 5.75 Å². The van der Waals surface area contributed by atoms with Gasteiger partial charge in [0.25, 0.3) is 0 Å². The summed E-state index contributed by atoms with van der Waals surface area (Å²) >= 11 is 9.28. The molecule has 0 amide bonds. The second-order valence-corrected chi connectivity index (χ2v) is 4.83. The van der Waals surface area contributed by atoms with Gasteiger partial charge in [0, 0.05) is 22.3 Å². The number of nitrogens with zero attached hydrogens (tertiary/aromatic N) is 2. The third-order valence-corrected chi connectivity index (χ3v) is 3.12. The highest BCUT2D eigenvalue weighted by atomic mass is 79.9. The lowest BCUT2D eigenvalue weighted by molar-refractivity contribution is 0.415. The van der Waals surface area contributed by atoms with Crippen LogP contribution in [0.15, 0.2) is 28.7 Å². The predicted molar refractivity (Wildman–Crippen MR) is 75.8 cm³/mol. The molecule has 0 saturated carbocycles. The number of benzene rings is 1. The Bertz CT molecular complexity index is 557. The monoisotopic (exact) mass is 327 g/mol. The average Bonchev–Trinajstić information content (AvgIpc) is 2.30. The van der Waals surface area contributed by atoms with Crippen LogP contribution in [-0.4, -0.2) is 17.1 Å². The van der Waals surface area contributed by atoms with Crippen molar-refractivity contribution in [1.29, 1.82) is 0 Å². The van der Waals surface area contributed by atoms with Gasteiger partial charge in [-0.2, -0.15) is 0 Å². The lowest BCUT2D eigenvalue weighted by Crippen LogP contribution is -1.98. The molecular formula is C12H11BrClN3O. The molecule has 6 heteroatoms. The van der Waals surface area contributed by atoms with Crippen molar-refractivity contribution in [2.75, 3.05) is 12.4 Å². The van der Waals surface area contributed by atoms with E-state index >= 15 is 0 Å². The molecule has 4 nitrogen and oxygen atoms in total. The SMILES string of the molecule is COc1ccc(Br)c(Nc2cc(C)nc(Cl)n2)c1. The molecule has 0 aliphatic carbocycles. The van der Waals surface area contributed by atoms with Crippen molar-refractivity contribution in [1.82, 2.24) is 9.97 Å². The third kappa shape index (κ3) is 3.11. The fourth-order valence-electron chi connectivity index (χ4n) is 1.46. The van der Waals surface area contributed by atoms with Gasteiger partial charge in [0.05, 0.1) is 12.8 Å². The van der Waals surface area contributed by atoms with Crippen LogP contribution in [0.4, 0.5) is 11.5 Å². The maximum absolute atomic E-state index is 5.82. The van der Waals surface area contributed by atoms with Gasteiger partial charge in [0.15, 0.2) is 0 Å². The zero-order chi connectivity index (χ0) is 13.1. The quantitative estimate of drug-likeness (QED) is 0.867. The molecule has 0 bridgehead atoms. The number of anilines is 2. The zero-order valence-corrected chi connectivity index (χ0v) is 12.2. The summed E-state index contributed by atoms with van der Waals surface area (Å²) in [5.74, 6) is 1.40. The van der Waals surface area contributed by atoms with E-state index in [1.165, 1.54) is 0 Å². The molecule has 0 unspecified atom stereocenters. The second kappa shape index (κ2) is 5.54. The highest BCUT2D eigenvalue weighted by Gasteiger charge is 2.05. The van der Waals surface area contributed by atoms with Gasteiger partial charge in [-0.05, 0) is 46.6 Å². The minimum Gasteiger partial charge on any atom is -0.497 e. The van der Waals surface area contributed by atoms with E-state index < -0.39 is 0 Å². The average molecular weight is 329 g/mol. The van der Waals surface area contributed by atoms with E-state index in [0.29, 0.717) is 5.82 Å². The largest absolute Gasteiger partial charge is 0.497 e. The van der Waals surface area contributed by atoms with E-state index in [1.54, 1.807) is 7.11 Å². The van der Waals surface area contributed by atoms with Gasteiger partial charge in [-0.3, -0.25) is 0 Å². The molecule has 1 aromatic heterocycles. The molecule has 0 aliphatic rings. The maximum Gasteiger partial charge on any atom is 0.224 e. The molecule has 94 valence electrons. The van der Waals surface area contributed by atoms with Crippen LogP contribution in [0.3, 0.4) is 0 Å². The first-order valence-corrected chi connectivity index (χ1v) is 6.37. The number of aryl methyl sites for hydroxylation is 1. The number of aromatic nitrogens is 2. The Morgan fingerprint density at radius 1 is 1.28 bits per heavy atom. The molecule has 2 rings (SSSR count). The van der Waals surface area contributed by atoms with Gasteiger partial charge < -0.3 is 10.1 Å². The second-order valence-electron chi connectivity index (χ2n) is 3.63. The van der Waals surface area contributed by atoms with Gasteiger partial charge in [-0.15, -0.1) is 0 Å². The molecular weight excluding hydrogens is 318 g/mol. The maximum atomic E-state index is 5.82. The molecule has 0 atom stereocenters. The van der Waals surface area contributed by atoms with Crippen molar-refractivity contribution in [2.24, 2.45) is 0 Å². The number of methoxy groups -OCH3 is 1. The van der Waals surface area contributed by atoms with Gasteiger partial charge in [0.1, 0.15) is 11.6 Å². The highest BCUT2D eigenvalue weighted by molar-refractivity contribution is 9.10. The Labute approximate surface area is 118 Å². The van der Waals surface area contributed by atoms with Crippen LogP contribution in [0.1, 0.15) is 5.69 Å². The van der Waals surface area contributed by atoms with Crippen LogP contribution in [0, 0.1) is 6.92 Å². The number of ether oxygens (including phenoxy) is 1. The van der Waals surface area contributed by atoms with Crippen molar-refractivity contribution < 1.29 is 4.74 Å². The lowest BCUT2D eigenvalue weighted by atomic mass is 10.3. The molecule has 0 aliphatic heterocycles. The number of rotatable bonds is 3. The number of hydrogen-bond donors (Lipinski definition) is 1. The van der Waals surface area contributed by atoms with Crippen LogP contribution in [0.25, 0.3) is 0 Å². The van der Waals surface area contributed by atoms with E-state index in [4.69, 9.17) is 16.3 Å². The van der Waals surface area contributed by atoms with Crippen molar-refractivity contribution in [3.8, 4) is 5.75 Å². The summed E-state index contributed by atoms with van der Waals surface area (Å²) in [5.41, 5.74) is 1.65. The Kier molecular flexibility index (Phi) is 4.04. The van der Waals surface area contributed by atoms with Crippen molar-refractivity contribution in [3.63, 3.8) is 0 Å². The predicted octanol–water partition coefficient (Wildman–Crippen LogP) is 3.95. The van der Waals surface area contributed by atoms with Gasteiger partial charge in [-0.25, -0.2) is 9.97 Å². The Morgan fingerprint density at radius 2 is 2.06 bits per heavy atom. The molecule has 0 fully saturated rings. The first-order valence-electron chi connectivity index (χ1n) is 5.20. The van der Waals surface area contributed by atoms with E-state index in [2.05, 4.69) is 31.2 Å². The summed E-state index contributed by atoms with van der Waals surface area (Å²) in [4.78, 5) is 8.12. The fourth-order valence-corrected chi connectivity index (χ4v) is 2.03. The van der Waals surface area contributed by atoms with Crippen molar-refractivity contribution in [3.05, 3.63) is 39.7 Å². The molecule has 0 spiro atoms. The zero-order valence-electron chi connectivity index (χ0n) is 9.87. The van der Waals surface area contributed by atoms with Gasteiger partial charge in [-0.1, -0.05) is 0 Å². The van der Waals surface area contributed by atoms with Gasteiger partial charge in [0.2, 0.25) is 5.28 Å². The number of halogens is 2. The smallest absolute Gasteiger partial charge is 0.224 e. The molecule has 1 heterocycles. The van der Waals surface area contributed by atoms with E-state index in [-0.39, 0.29) is 5.28 Å². The normalized spacial score (nSPS) is 10.2.